The zero-order chi connectivity index (χ0) is 21.3. The van der Waals surface area contributed by atoms with Gasteiger partial charge in [0.15, 0.2) is 5.96 Å². The number of carbonyl (C=O) groups excluding carboxylic acids is 1. The molecule has 1 amide bonds. The number of nitrogens with one attached hydrogen (secondary N) is 2. The number of aliphatic imine (C=N–C) groups is 1. The maximum Gasteiger partial charge on any atom is 0.410 e. The Labute approximate surface area is 177 Å². The minimum atomic E-state index is -0.451. The molecule has 1 saturated heterocycles. The van der Waals surface area contributed by atoms with Crippen molar-refractivity contribution in [2.45, 2.75) is 71.8 Å². The quantitative estimate of drug-likeness (QED) is 0.474. The van der Waals surface area contributed by atoms with Crippen LogP contribution >= 0.6 is 0 Å². The van der Waals surface area contributed by atoms with Crippen molar-refractivity contribution in [3.63, 3.8) is 0 Å². The first-order valence-electron chi connectivity index (χ1n) is 11.3. The average Bonchev–Trinajstić information content (AvgIpc) is 2.63. The van der Waals surface area contributed by atoms with Gasteiger partial charge in [-0.15, -0.1) is 0 Å². The summed E-state index contributed by atoms with van der Waals surface area (Å²) in [7, 11) is 1.77. The molecule has 0 aromatic carbocycles. The third-order valence-corrected chi connectivity index (χ3v) is 5.90. The second-order valence-corrected chi connectivity index (χ2v) is 9.61. The van der Waals surface area contributed by atoms with E-state index in [1.54, 1.807) is 7.11 Å². The normalized spacial score (nSPS) is 22.0. The number of hydrogen-bond donors (Lipinski definition) is 2. The van der Waals surface area contributed by atoms with Crippen molar-refractivity contribution in [1.29, 1.82) is 0 Å². The number of piperidine rings is 1. The summed E-state index contributed by atoms with van der Waals surface area (Å²) >= 11 is 0. The number of carbonyl (C=O) groups is 1. The van der Waals surface area contributed by atoms with Crippen LogP contribution in [-0.4, -0.2) is 69.0 Å². The van der Waals surface area contributed by atoms with Gasteiger partial charge >= 0.3 is 6.09 Å². The highest BCUT2D eigenvalue weighted by Gasteiger charge is 2.36. The molecule has 1 unspecified atom stereocenters. The van der Waals surface area contributed by atoms with E-state index in [9.17, 15) is 4.79 Å². The summed E-state index contributed by atoms with van der Waals surface area (Å²) in [6.07, 6.45) is 6.79. The number of rotatable bonds is 8. The Morgan fingerprint density at radius 3 is 2.59 bits per heavy atom. The van der Waals surface area contributed by atoms with E-state index in [2.05, 4.69) is 17.6 Å². The second-order valence-electron chi connectivity index (χ2n) is 9.61. The zero-order valence-corrected chi connectivity index (χ0v) is 19.2. The van der Waals surface area contributed by atoms with Crippen molar-refractivity contribution in [2.24, 2.45) is 16.3 Å². The summed E-state index contributed by atoms with van der Waals surface area (Å²) < 4.78 is 10.8. The van der Waals surface area contributed by atoms with Gasteiger partial charge in [-0.05, 0) is 71.1 Å². The zero-order valence-electron chi connectivity index (χ0n) is 19.2. The Balaban J connectivity index is 1.85. The number of hydrogen-bond acceptors (Lipinski definition) is 4. The molecule has 7 heteroatoms. The summed E-state index contributed by atoms with van der Waals surface area (Å²) in [4.78, 5) is 19.1. The Kier molecular flexibility index (Phi) is 9.05. The van der Waals surface area contributed by atoms with E-state index in [1.165, 1.54) is 19.3 Å². The maximum absolute atomic E-state index is 12.4. The molecule has 168 valence electrons. The number of likely N-dealkylation sites (tertiary alicyclic amines) is 1. The molecule has 2 fully saturated rings. The molecule has 2 aliphatic rings. The first-order chi connectivity index (χ1) is 13.8. The summed E-state index contributed by atoms with van der Waals surface area (Å²) in [6.45, 7) is 12.6. The fourth-order valence-corrected chi connectivity index (χ4v) is 4.04. The number of guanidine groups is 1. The molecule has 1 aliphatic carbocycles. The van der Waals surface area contributed by atoms with Crippen LogP contribution in [0.15, 0.2) is 4.99 Å². The molecule has 0 radical (unpaired) electrons. The van der Waals surface area contributed by atoms with Crippen LogP contribution in [-0.2, 0) is 9.47 Å². The van der Waals surface area contributed by atoms with E-state index in [0.717, 1.165) is 64.6 Å². The summed E-state index contributed by atoms with van der Waals surface area (Å²) in [5.41, 5.74) is -0.135. The van der Waals surface area contributed by atoms with Crippen LogP contribution < -0.4 is 10.6 Å². The van der Waals surface area contributed by atoms with Gasteiger partial charge in [-0.25, -0.2) is 4.79 Å². The van der Waals surface area contributed by atoms with Crippen LogP contribution in [0.3, 0.4) is 0 Å². The standard InChI is InChI=1S/C22H42N4O3/c1-6-23-19(25-17-22(10-8-11-22)12-14-28-5)24-15-18-9-7-13-26(16-18)20(27)29-21(2,3)4/h18H,6-17H2,1-5H3,(H2,23,24,25). The van der Waals surface area contributed by atoms with Crippen LogP contribution in [0.1, 0.15) is 66.2 Å². The van der Waals surface area contributed by atoms with Gasteiger partial charge < -0.3 is 25.0 Å². The third kappa shape index (κ3) is 8.03. The molecular weight excluding hydrogens is 368 g/mol. The van der Waals surface area contributed by atoms with Crippen LogP contribution in [0.2, 0.25) is 0 Å². The summed E-state index contributed by atoms with van der Waals surface area (Å²) in [5.74, 6) is 1.29. The highest BCUT2D eigenvalue weighted by atomic mass is 16.6. The minimum Gasteiger partial charge on any atom is -0.444 e. The monoisotopic (exact) mass is 410 g/mol. The number of ether oxygens (including phenoxy) is 2. The van der Waals surface area contributed by atoms with Gasteiger partial charge in [-0.1, -0.05) is 6.42 Å². The third-order valence-electron chi connectivity index (χ3n) is 5.90. The molecule has 2 N–H and O–H groups in total. The number of nitrogens with zero attached hydrogens (tertiary/aromatic N) is 2. The van der Waals surface area contributed by atoms with Crippen molar-refractivity contribution in [2.75, 3.05) is 46.4 Å². The van der Waals surface area contributed by atoms with Gasteiger partial charge in [0.1, 0.15) is 5.60 Å². The van der Waals surface area contributed by atoms with Crippen molar-refractivity contribution in [3.8, 4) is 0 Å². The Hall–Kier alpha value is -1.50. The number of methoxy groups -OCH3 is 1. The van der Waals surface area contributed by atoms with E-state index in [4.69, 9.17) is 14.5 Å². The van der Waals surface area contributed by atoms with E-state index in [-0.39, 0.29) is 6.09 Å². The minimum absolute atomic E-state index is 0.201. The molecule has 0 bridgehead atoms. The van der Waals surface area contributed by atoms with Gasteiger partial charge in [-0.3, -0.25) is 4.99 Å². The molecule has 1 aliphatic heterocycles. The molecule has 1 heterocycles. The van der Waals surface area contributed by atoms with Crippen LogP contribution in [0.25, 0.3) is 0 Å². The SMILES string of the molecule is CCNC(=NCC1(CCOC)CCC1)NCC1CCCN(C(=O)OC(C)(C)C)C1. The van der Waals surface area contributed by atoms with Gasteiger partial charge in [0.05, 0.1) is 0 Å². The molecule has 1 saturated carbocycles. The second kappa shape index (κ2) is 11.0. The van der Waals surface area contributed by atoms with Gasteiger partial charge in [0, 0.05) is 46.4 Å². The summed E-state index contributed by atoms with van der Waals surface area (Å²) in [5, 5.41) is 6.87. The lowest BCUT2D eigenvalue weighted by molar-refractivity contribution is 0.0168. The Morgan fingerprint density at radius 1 is 1.24 bits per heavy atom. The van der Waals surface area contributed by atoms with Gasteiger partial charge in [0.25, 0.3) is 0 Å². The fourth-order valence-electron chi connectivity index (χ4n) is 4.04. The Morgan fingerprint density at radius 2 is 2.00 bits per heavy atom. The molecule has 0 spiro atoms. The molecule has 7 nitrogen and oxygen atoms in total. The van der Waals surface area contributed by atoms with E-state index in [0.29, 0.717) is 11.3 Å². The average molecular weight is 411 g/mol. The van der Waals surface area contributed by atoms with Crippen molar-refractivity contribution < 1.29 is 14.3 Å². The molecule has 0 aromatic heterocycles. The largest absolute Gasteiger partial charge is 0.444 e. The Bertz CT molecular complexity index is 541. The molecule has 0 aromatic rings. The van der Waals surface area contributed by atoms with Crippen molar-refractivity contribution in [1.82, 2.24) is 15.5 Å². The maximum atomic E-state index is 12.4. The predicted octanol–water partition coefficient (Wildman–Crippen LogP) is 3.40. The lowest BCUT2D eigenvalue weighted by Crippen LogP contribution is -2.47. The smallest absolute Gasteiger partial charge is 0.410 e. The van der Waals surface area contributed by atoms with Crippen LogP contribution in [0, 0.1) is 11.3 Å². The molecule has 1 atom stereocenters. The van der Waals surface area contributed by atoms with E-state index < -0.39 is 5.60 Å². The highest BCUT2D eigenvalue weighted by Crippen LogP contribution is 2.44. The molecule has 2 rings (SSSR count). The van der Waals surface area contributed by atoms with Crippen LogP contribution in [0.4, 0.5) is 4.79 Å². The first-order valence-corrected chi connectivity index (χ1v) is 11.3. The predicted molar refractivity (Wildman–Crippen MR) is 117 cm³/mol. The van der Waals surface area contributed by atoms with Gasteiger partial charge in [0.2, 0.25) is 0 Å². The van der Waals surface area contributed by atoms with Crippen molar-refractivity contribution in [3.05, 3.63) is 0 Å². The molecular formula is C22H42N4O3. The highest BCUT2D eigenvalue weighted by molar-refractivity contribution is 5.79. The van der Waals surface area contributed by atoms with E-state index >= 15 is 0 Å². The topological polar surface area (TPSA) is 75.2 Å². The van der Waals surface area contributed by atoms with Crippen molar-refractivity contribution >= 4 is 12.1 Å². The summed E-state index contributed by atoms with van der Waals surface area (Å²) in [6, 6.07) is 0. The van der Waals surface area contributed by atoms with Crippen LogP contribution in [0.5, 0.6) is 0 Å². The number of amides is 1. The lowest BCUT2D eigenvalue weighted by atomic mass is 9.67. The lowest BCUT2D eigenvalue weighted by Gasteiger charge is -2.41. The molecule has 29 heavy (non-hydrogen) atoms. The first kappa shape index (κ1) is 23.8. The van der Waals surface area contributed by atoms with E-state index in [1.807, 2.05) is 25.7 Å². The fraction of sp³-hybridized carbons (Fsp3) is 0.909. The van der Waals surface area contributed by atoms with Gasteiger partial charge in [-0.2, -0.15) is 0 Å².